The molecule has 0 aliphatic carbocycles. The van der Waals surface area contributed by atoms with Crippen LogP contribution in [0.4, 0.5) is 11.5 Å². The molecule has 0 fully saturated rings. The number of nitrogens with one attached hydrogen (secondary N) is 2. The van der Waals surface area contributed by atoms with Gasteiger partial charge in [-0.3, -0.25) is 0 Å². The Morgan fingerprint density at radius 1 is 1.26 bits per heavy atom. The fourth-order valence-electron chi connectivity index (χ4n) is 2.54. The van der Waals surface area contributed by atoms with Gasteiger partial charge in [0.25, 0.3) is 0 Å². The molecule has 0 unspecified atom stereocenters. The van der Waals surface area contributed by atoms with Crippen molar-refractivity contribution in [1.82, 2.24) is 15.0 Å². The van der Waals surface area contributed by atoms with Gasteiger partial charge in [-0.15, -0.1) is 0 Å². The lowest BCUT2D eigenvalue weighted by atomic mass is 10.1. The van der Waals surface area contributed by atoms with Gasteiger partial charge in [0.1, 0.15) is 23.4 Å². The van der Waals surface area contributed by atoms with Crippen molar-refractivity contribution in [2.24, 2.45) is 5.73 Å². The smallest absolute Gasteiger partial charge is 0.158 e. The molecule has 0 aliphatic rings. The first-order valence-corrected chi connectivity index (χ1v) is 8.43. The van der Waals surface area contributed by atoms with E-state index in [1.165, 1.54) is 12.4 Å². The second-order valence-electron chi connectivity index (χ2n) is 5.65. The van der Waals surface area contributed by atoms with Crippen LogP contribution in [-0.4, -0.2) is 35.2 Å². The molecule has 2 heterocycles. The Hall–Kier alpha value is -3.57. The van der Waals surface area contributed by atoms with Crippen LogP contribution >= 0.6 is 0 Å². The lowest BCUT2D eigenvalue weighted by Gasteiger charge is -2.13. The first-order valence-electron chi connectivity index (χ1n) is 8.43. The standard InChI is InChI=1S/C19H20N6O2/c1-26-16-4-2-5-17(27-7-3-6-20)19(16)15-8-13(10-23-15)25-18-12-22-14(9-21)11-24-18/h2,4-5,8,10-12,23H,3,6-7,20H2,1H3,(H,24,25). The molecule has 3 aromatic rings. The SMILES string of the molecule is COc1cccc(OCCCN)c1-c1cc(Nc2cnc(C#N)cn2)c[nH]1. The van der Waals surface area contributed by atoms with Crippen molar-refractivity contribution >= 4 is 11.5 Å². The van der Waals surface area contributed by atoms with Crippen LogP contribution in [0.5, 0.6) is 11.5 Å². The van der Waals surface area contributed by atoms with Crippen molar-refractivity contribution in [2.45, 2.75) is 6.42 Å². The Balaban J connectivity index is 1.85. The summed E-state index contributed by atoms with van der Waals surface area (Å²) < 4.78 is 11.4. The van der Waals surface area contributed by atoms with Gasteiger partial charge in [0.05, 0.1) is 43.1 Å². The summed E-state index contributed by atoms with van der Waals surface area (Å²) in [7, 11) is 1.62. The normalized spacial score (nSPS) is 10.3. The molecule has 8 nitrogen and oxygen atoms in total. The van der Waals surface area contributed by atoms with E-state index in [2.05, 4.69) is 20.3 Å². The molecular formula is C19H20N6O2. The zero-order chi connectivity index (χ0) is 19.1. The average molecular weight is 364 g/mol. The molecule has 0 amide bonds. The summed E-state index contributed by atoms with van der Waals surface area (Å²) in [6.45, 7) is 1.10. The maximum absolute atomic E-state index is 8.79. The number of nitrogens with zero attached hydrogens (tertiary/aromatic N) is 3. The van der Waals surface area contributed by atoms with Gasteiger partial charge in [0, 0.05) is 6.20 Å². The second-order valence-corrected chi connectivity index (χ2v) is 5.65. The van der Waals surface area contributed by atoms with Crippen LogP contribution in [-0.2, 0) is 0 Å². The molecule has 4 N–H and O–H groups in total. The Kier molecular flexibility index (Phi) is 5.87. The highest BCUT2D eigenvalue weighted by atomic mass is 16.5. The highest BCUT2D eigenvalue weighted by molar-refractivity contribution is 5.77. The molecule has 0 spiro atoms. The van der Waals surface area contributed by atoms with Crippen LogP contribution in [0.1, 0.15) is 12.1 Å². The third kappa shape index (κ3) is 4.34. The summed E-state index contributed by atoms with van der Waals surface area (Å²) in [4.78, 5) is 11.4. The van der Waals surface area contributed by atoms with Crippen LogP contribution in [0, 0.1) is 11.3 Å². The molecule has 27 heavy (non-hydrogen) atoms. The number of nitriles is 1. The lowest BCUT2D eigenvalue weighted by Crippen LogP contribution is -2.07. The topological polar surface area (TPSA) is 122 Å². The summed E-state index contributed by atoms with van der Waals surface area (Å²) in [6, 6.07) is 9.53. The van der Waals surface area contributed by atoms with Gasteiger partial charge >= 0.3 is 0 Å². The molecule has 0 saturated carbocycles. The van der Waals surface area contributed by atoms with Gasteiger partial charge in [-0.25, -0.2) is 9.97 Å². The first-order chi connectivity index (χ1) is 13.2. The Morgan fingerprint density at radius 3 is 2.81 bits per heavy atom. The minimum atomic E-state index is 0.267. The summed E-state index contributed by atoms with van der Waals surface area (Å²) >= 11 is 0. The van der Waals surface area contributed by atoms with E-state index in [0.717, 1.165) is 29.1 Å². The number of hydrogen-bond donors (Lipinski definition) is 3. The highest BCUT2D eigenvalue weighted by Gasteiger charge is 2.15. The minimum absolute atomic E-state index is 0.267. The molecule has 1 aromatic carbocycles. The fourth-order valence-corrected chi connectivity index (χ4v) is 2.54. The molecule has 8 heteroatoms. The lowest BCUT2D eigenvalue weighted by molar-refractivity contribution is 0.312. The maximum Gasteiger partial charge on any atom is 0.158 e. The summed E-state index contributed by atoms with van der Waals surface area (Å²) in [5.41, 5.74) is 8.27. The monoisotopic (exact) mass is 364 g/mol. The van der Waals surface area contributed by atoms with Gasteiger partial charge in [0.15, 0.2) is 5.69 Å². The Morgan fingerprint density at radius 2 is 2.11 bits per heavy atom. The number of rotatable bonds is 8. The Bertz CT molecular complexity index is 930. The average Bonchev–Trinajstić information content (AvgIpc) is 3.16. The molecule has 0 saturated heterocycles. The van der Waals surface area contributed by atoms with Gasteiger partial charge in [0.2, 0.25) is 0 Å². The predicted octanol–water partition coefficient (Wildman–Crippen LogP) is 2.82. The largest absolute Gasteiger partial charge is 0.496 e. The van der Waals surface area contributed by atoms with Crippen LogP contribution in [0.15, 0.2) is 42.9 Å². The van der Waals surface area contributed by atoms with Gasteiger partial charge in [-0.1, -0.05) is 6.07 Å². The van der Waals surface area contributed by atoms with E-state index >= 15 is 0 Å². The number of anilines is 2. The van der Waals surface area contributed by atoms with E-state index in [0.29, 0.717) is 24.7 Å². The minimum Gasteiger partial charge on any atom is -0.496 e. The number of methoxy groups -OCH3 is 1. The molecule has 3 rings (SSSR count). The summed E-state index contributed by atoms with van der Waals surface area (Å²) in [5, 5.41) is 11.9. The number of H-pyrrole nitrogens is 1. The van der Waals surface area contributed by atoms with Crippen LogP contribution in [0.25, 0.3) is 11.3 Å². The zero-order valence-electron chi connectivity index (χ0n) is 14.9. The molecule has 0 aliphatic heterocycles. The second kappa shape index (κ2) is 8.69. The van der Waals surface area contributed by atoms with E-state index in [1.807, 2.05) is 36.5 Å². The highest BCUT2D eigenvalue weighted by Crippen LogP contribution is 2.38. The first kappa shape index (κ1) is 18.2. The van der Waals surface area contributed by atoms with E-state index in [9.17, 15) is 0 Å². The van der Waals surface area contributed by atoms with E-state index in [-0.39, 0.29) is 5.69 Å². The third-order valence-corrected chi connectivity index (χ3v) is 3.81. The number of benzene rings is 1. The van der Waals surface area contributed by atoms with Crippen molar-refractivity contribution in [3.05, 3.63) is 48.5 Å². The van der Waals surface area contributed by atoms with Crippen molar-refractivity contribution < 1.29 is 9.47 Å². The van der Waals surface area contributed by atoms with Gasteiger partial charge in [-0.2, -0.15) is 5.26 Å². The van der Waals surface area contributed by atoms with Crippen molar-refractivity contribution in [2.75, 3.05) is 25.6 Å². The number of hydrogen-bond acceptors (Lipinski definition) is 7. The van der Waals surface area contributed by atoms with Crippen LogP contribution in [0.2, 0.25) is 0 Å². The van der Waals surface area contributed by atoms with Gasteiger partial charge in [-0.05, 0) is 31.2 Å². The van der Waals surface area contributed by atoms with Crippen molar-refractivity contribution in [3.63, 3.8) is 0 Å². The fraction of sp³-hybridized carbons (Fsp3) is 0.211. The zero-order valence-corrected chi connectivity index (χ0v) is 14.9. The summed E-state index contributed by atoms with van der Waals surface area (Å²) in [6.07, 6.45) is 5.51. The quantitative estimate of drug-likeness (QED) is 0.525. The molecule has 0 radical (unpaired) electrons. The van der Waals surface area contributed by atoms with Crippen LogP contribution in [0.3, 0.4) is 0 Å². The molecule has 0 bridgehead atoms. The number of aromatic amines is 1. The number of aromatic nitrogens is 3. The molecule has 0 atom stereocenters. The molecule has 2 aromatic heterocycles. The van der Waals surface area contributed by atoms with E-state index in [4.69, 9.17) is 20.5 Å². The summed E-state index contributed by atoms with van der Waals surface area (Å²) in [5.74, 6) is 1.96. The van der Waals surface area contributed by atoms with Crippen molar-refractivity contribution in [3.8, 4) is 28.8 Å². The predicted molar refractivity (Wildman–Crippen MR) is 102 cm³/mol. The van der Waals surface area contributed by atoms with Crippen LogP contribution < -0.4 is 20.5 Å². The number of nitrogens with two attached hydrogens (primary N) is 1. The van der Waals surface area contributed by atoms with Gasteiger partial charge < -0.3 is 25.5 Å². The van der Waals surface area contributed by atoms with E-state index < -0.39 is 0 Å². The number of ether oxygens (including phenoxy) is 2. The maximum atomic E-state index is 8.79. The molecular weight excluding hydrogens is 344 g/mol. The third-order valence-electron chi connectivity index (χ3n) is 3.81. The van der Waals surface area contributed by atoms with Crippen molar-refractivity contribution in [1.29, 1.82) is 5.26 Å². The van der Waals surface area contributed by atoms with E-state index in [1.54, 1.807) is 7.11 Å². The Labute approximate surface area is 157 Å². The molecule has 138 valence electrons.